The SMILES string of the molecule is CC1(c2nc(C(=O)O)no2)CCS(=O)(=O)CC1. The summed E-state index contributed by atoms with van der Waals surface area (Å²) in [5, 5.41) is 12.0. The first-order valence-electron chi connectivity index (χ1n) is 5.10. The fourth-order valence-electron chi connectivity index (χ4n) is 1.76. The van der Waals surface area contributed by atoms with Crippen molar-refractivity contribution in [3.05, 3.63) is 11.7 Å². The van der Waals surface area contributed by atoms with Gasteiger partial charge >= 0.3 is 5.97 Å². The third kappa shape index (κ3) is 2.31. The maximum atomic E-state index is 11.3. The topological polar surface area (TPSA) is 110 Å². The highest BCUT2D eigenvalue weighted by Crippen LogP contribution is 2.34. The third-order valence-electron chi connectivity index (χ3n) is 3.06. The zero-order chi connectivity index (χ0) is 12.7. The van der Waals surface area contributed by atoms with Crippen LogP contribution in [0.3, 0.4) is 0 Å². The van der Waals surface area contributed by atoms with Gasteiger partial charge in [0.25, 0.3) is 5.82 Å². The number of sulfone groups is 1. The van der Waals surface area contributed by atoms with Gasteiger partial charge in [-0.25, -0.2) is 13.2 Å². The van der Waals surface area contributed by atoms with Gasteiger partial charge < -0.3 is 9.63 Å². The summed E-state index contributed by atoms with van der Waals surface area (Å²) >= 11 is 0. The molecule has 0 bridgehead atoms. The van der Waals surface area contributed by atoms with Crippen molar-refractivity contribution in [3.63, 3.8) is 0 Å². The molecule has 1 N–H and O–H groups in total. The Morgan fingerprint density at radius 3 is 2.47 bits per heavy atom. The van der Waals surface area contributed by atoms with Crippen LogP contribution in [0, 0.1) is 0 Å². The molecule has 0 aliphatic carbocycles. The number of carboxylic acids is 1. The molecule has 0 unspecified atom stereocenters. The molecule has 1 aliphatic rings. The van der Waals surface area contributed by atoms with Gasteiger partial charge in [-0.2, -0.15) is 4.98 Å². The molecule has 2 heterocycles. The van der Waals surface area contributed by atoms with Crippen LogP contribution in [0.15, 0.2) is 4.52 Å². The number of nitrogens with zero attached hydrogens (tertiary/aromatic N) is 2. The number of hydrogen-bond donors (Lipinski definition) is 1. The van der Waals surface area contributed by atoms with E-state index in [-0.39, 0.29) is 17.4 Å². The molecule has 0 radical (unpaired) electrons. The van der Waals surface area contributed by atoms with Crippen LogP contribution >= 0.6 is 0 Å². The van der Waals surface area contributed by atoms with Crippen molar-refractivity contribution in [1.82, 2.24) is 10.1 Å². The largest absolute Gasteiger partial charge is 0.475 e. The van der Waals surface area contributed by atoms with Gasteiger partial charge in [0.05, 0.1) is 11.5 Å². The van der Waals surface area contributed by atoms with Crippen molar-refractivity contribution >= 4 is 15.8 Å². The maximum Gasteiger partial charge on any atom is 0.377 e. The highest BCUT2D eigenvalue weighted by atomic mass is 32.2. The summed E-state index contributed by atoms with van der Waals surface area (Å²) in [5.74, 6) is -1.32. The number of carbonyl (C=O) groups is 1. The van der Waals surface area contributed by atoms with Gasteiger partial charge in [-0.05, 0) is 18.0 Å². The summed E-state index contributed by atoms with van der Waals surface area (Å²) in [6.07, 6.45) is 0.743. The van der Waals surface area contributed by atoms with E-state index in [0.29, 0.717) is 12.8 Å². The molecule has 0 saturated carbocycles. The molecule has 94 valence electrons. The van der Waals surface area contributed by atoms with E-state index in [1.807, 2.05) is 0 Å². The predicted molar refractivity (Wildman–Crippen MR) is 56.5 cm³/mol. The lowest BCUT2D eigenvalue weighted by molar-refractivity contribution is 0.0680. The van der Waals surface area contributed by atoms with Gasteiger partial charge in [-0.3, -0.25) is 0 Å². The van der Waals surface area contributed by atoms with E-state index in [0.717, 1.165) is 0 Å². The Morgan fingerprint density at radius 2 is 2.00 bits per heavy atom. The smallest absolute Gasteiger partial charge is 0.377 e. The van der Waals surface area contributed by atoms with Crippen LogP contribution < -0.4 is 0 Å². The van der Waals surface area contributed by atoms with Crippen molar-refractivity contribution in [3.8, 4) is 0 Å². The Morgan fingerprint density at radius 1 is 1.41 bits per heavy atom. The van der Waals surface area contributed by atoms with Gasteiger partial charge in [0.15, 0.2) is 0 Å². The molecule has 0 amide bonds. The van der Waals surface area contributed by atoms with Crippen LogP contribution in [0.25, 0.3) is 0 Å². The quantitative estimate of drug-likeness (QED) is 0.810. The lowest BCUT2D eigenvalue weighted by atomic mass is 9.84. The van der Waals surface area contributed by atoms with Crippen molar-refractivity contribution in [2.45, 2.75) is 25.2 Å². The molecule has 0 atom stereocenters. The fourth-order valence-corrected chi connectivity index (χ4v) is 3.49. The van der Waals surface area contributed by atoms with E-state index in [4.69, 9.17) is 9.63 Å². The molecule has 7 nitrogen and oxygen atoms in total. The molecular formula is C9H12N2O5S. The number of hydrogen-bond acceptors (Lipinski definition) is 6. The van der Waals surface area contributed by atoms with Crippen LogP contribution in [-0.2, 0) is 15.3 Å². The van der Waals surface area contributed by atoms with E-state index in [2.05, 4.69) is 10.1 Å². The van der Waals surface area contributed by atoms with Gasteiger partial charge in [-0.15, -0.1) is 0 Å². The van der Waals surface area contributed by atoms with Gasteiger partial charge in [0.2, 0.25) is 5.89 Å². The molecule has 1 saturated heterocycles. The van der Waals surface area contributed by atoms with E-state index < -0.39 is 27.0 Å². The van der Waals surface area contributed by atoms with E-state index in [1.165, 1.54) is 0 Å². The molecule has 2 rings (SSSR count). The number of carboxylic acid groups (broad SMARTS) is 1. The lowest BCUT2D eigenvalue weighted by Gasteiger charge is -2.29. The van der Waals surface area contributed by atoms with E-state index in [1.54, 1.807) is 6.92 Å². The lowest BCUT2D eigenvalue weighted by Crippen LogP contribution is -2.34. The second kappa shape index (κ2) is 3.80. The van der Waals surface area contributed by atoms with Crippen LogP contribution in [0.5, 0.6) is 0 Å². The van der Waals surface area contributed by atoms with Gasteiger partial charge in [0.1, 0.15) is 9.84 Å². The molecule has 0 spiro atoms. The normalized spacial score (nSPS) is 22.2. The van der Waals surface area contributed by atoms with Crippen molar-refractivity contribution < 1.29 is 22.8 Å². The summed E-state index contributed by atoms with van der Waals surface area (Å²) in [5.41, 5.74) is -0.550. The first kappa shape index (κ1) is 12.0. The molecule has 1 aromatic heterocycles. The average molecular weight is 260 g/mol. The molecule has 1 aromatic rings. The summed E-state index contributed by atoms with van der Waals surface area (Å²) in [7, 11) is -2.98. The van der Waals surface area contributed by atoms with E-state index >= 15 is 0 Å². The first-order valence-corrected chi connectivity index (χ1v) is 6.92. The second-order valence-electron chi connectivity index (χ2n) is 4.44. The van der Waals surface area contributed by atoms with Crippen LogP contribution in [0.4, 0.5) is 0 Å². The monoisotopic (exact) mass is 260 g/mol. The number of aromatic nitrogens is 2. The predicted octanol–water partition coefficient (Wildman–Crippen LogP) is 0.234. The first-order chi connectivity index (χ1) is 7.82. The minimum atomic E-state index is -2.98. The summed E-state index contributed by atoms with van der Waals surface area (Å²) in [4.78, 5) is 14.4. The van der Waals surface area contributed by atoms with Crippen molar-refractivity contribution in [2.75, 3.05) is 11.5 Å². The molecule has 0 aromatic carbocycles. The Labute approximate surface area is 97.7 Å². The standard InChI is InChI=1S/C9H12N2O5S/c1-9(2-4-17(14,15)5-3-9)8-10-6(7(12)13)11-16-8/h2-5H2,1H3,(H,12,13). The minimum absolute atomic E-state index is 0.0638. The van der Waals surface area contributed by atoms with Crippen molar-refractivity contribution in [1.29, 1.82) is 0 Å². The van der Waals surface area contributed by atoms with Crippen molar-refractivity contribution in [2.24, 2.45) is 0 Å². The molecule has 8 heteroatoms. The van der Waals surface area contributed by atoms with Crippen LogP contribution in [-0.4, -0.2) is 41.1 Å². The maximum absolute atomic E-state index is 11.3. The minimum Gasteiger partial charge on any atom is -0.475 e. The molecular weight excluding hydrogens is 248 g/mol. The summed E-state index contributed by atoms with van der Waals surface area (Å²) < 4.78 is 27.5. The van der Waals surface area contributed by atoms with Gasteiger partial charge in [0, 0.05) is 5.41 Å². The number of rotatable bonds is 2. The Balaban J connectivity index is 2.24. The van der Waals surface area contributed by atoms with E-state index in [9.17, 15) is 13.2 Å². The summed E-state index contributed by atoms with van der Waals surface area (Å²) in [6, 6.07) is 0. The summed E-state index contributed by atoms with van der Waals surface area (Å²) in [6.45, 7) is 1.81. The number of aromatic carboxylic acids is 1. The van der Waals surface area contributed by atoms with Crippen LogP contribution in [0.1, 0.15) is 36.3 Å². The molecule has 1 aliphatic heterocycles. The zero-order valence-corrected chi connectivity index (χ0v) is 10.0. The Kier molecular flexibility index (Phi) is 2.69. The zero-order valence-electron chi connectivity index (χ0n) is 9.21. The highest BCUT2D eigenvalue weighted by Gasteiger charge is 2.39. The highest BCUT2D eigenvalue weighted by molar-refractivity contribution is 7.91. The average Bonchev–Trinajstić information content (AvgIpc) is 2.73. The molecule has 17 heavy (non-hydrogen) atoms. The Hall–Kier alpha value is -1.44. The van der Waals surface area contributed by atoms with Gasteiger partial charge in [-0.1, -0.05) is 6.92 Å². The van der Waals surface area contributed by atoms with Crippen LogP contribution in [0.2, 0.25) is 0 Å². The second-order valence-corrected chi connectivity index (χ2v) is 6.74. The fraction of sp³-hybridized carbons (Fsp3) is 0.667. The third-order valence-corrected chi connectivity index (χ3v) is 4.72. The Bertz CT molecular complexity index is 533. The molecule has 1 fully saturated rings.